The van der Waals surface area contributed by atoms with Gasteiger partial charge in [-0.25, -0.2) is 0 Å². The van der Waals surface area contributed by atoms with E-state index < -0.39 is 0 Å². The highest BCUT2D eigenvalue weighted by Gasteiger charge is 1.97. The molecular formula is C16H16N6O2. The molecule has 0 aliphatic heterocycles. The molecule has 2 aromatic rings. The largest absolute Gasteiger partial charge is 0.508 e. The Morgan fingerprint density at radius 1 is 0.667 bits per heavy atom. The van der Waals surface area contributed by atoms with Gasteiger partial charge in [-0.15, -0.1) is 10.2 Å². The molecule has 0 aliphatic rings. The van der Waals surface area contributed by atoms with Crippen LogP contribution in [0, 0.1) is 0 Å². The van der Waals surface area contributed by atoms with Crippen LogP contribution in [0.4, 0.5) is 0 Å². The SMILES string of the molecule is NC(=N/N=C/c1ccc(O)cc1)C(N)=N/N=C/c1ccc(O)cc1. The summed E-state index contributed by atoms with van der Waals surface area (Å²) in [4.78, 5) is 0. The summed E-state index contributed by atoms with van der Waals surface area (Å²) in [6, 6.07) is 12.8. The van der Waals surface area contributed by atoms with Crippen molar-refractivity contribution in [2.75, 3.05) is 0 Å². The van der Waals surface area contributed by atoms with E-state index in [1.165, 1.54) is 36.7 Å². The summed E-state index contributed by atoms with van der Waals surface area (Å²) >= 11 is 0. The second-order valence-electron chi connectivity index (χ2n) is 4.64. The lowest BCUT2D eigenvalue weighted by atomic mass is 10.2. The second kappa shape index (κ2) is 8.08. The van der Waals surface area contributed by atoms with Crippen molar-refractivity contribution >= 4 is 24.1 Å². The predicted molar refractivity (Wildman–Crippen MR) is 94.6 cm³/mol. The molecule has 0 aromatic heterocycles. The molecule has 122 valence electrons. The van der Waals surface area contributed by atoms with Crippen molar-refractivity contribution in [2.24, 2.45) is 31.9 Å². The van der Waals surface area contributed by atoms with Crippen molar-refractivity contribution in [3.8, 4) is 11.5 Å². The molecule has 0 fully saturated rings. The van der Waals surface area contributed by atoms with Crippen molar-refractivity contribution < 1.29 is 10.2 Å². The first kappa shape index (κ1) is 16.7. The number of phenolic OH excluding ortho intramolecular Hbond substituents is 2. The molecule has 2 rings (SSSR count). The Morgan fingerprint density at radius 3 is 1.33 bits per heavy atom. The minimum absolute atomic E-state index is 0.0760. The summed E-state index contributed by atoms with van der Waals surface area (Å²) in [5.74, 6) is 0.178. The third-order valence-electron chi connectivity index (χ3n) is 2.79. The van der Waals surface area contributed by atoms with Crippen LogP contribution in [0.25, 0.3) is 0 Å². The molecule has 6 N–H and O–H groups in total. The van der Waals surface area contributed by atoms with Gasteiger partial charge < -0.3 is 21.7 Å². The van der Waals surface area contributed by atoms with Crippen molar-refractivity contribution in [1.29, 1.82) is 0 Å². The first-order valence-electron chi connectivity index (χ1n) is 6.86. The molecule has 0 amide bonds. The zero-order chi connectivity index (χ0) is 17.4. The van der Waals surface area contributed by atoms with Gasteiger partial charge in [-0.1, -0.05) is 0 Å². The van der Waals surface area contributed by atoms with E-state index in [9.17, 15) is 10.2 Å². The van der Waals surface area contributed by atoms with E-state index >= 15 is 0 Å². The zero-order valence-electron chi connectivity index (χ0n) is 12.6. The Bertz CT molecular complexity index is 723. The number of benzene rings is 2. The third kappa shape index (κ3) is 5.26. The zero-order valence-corrected chi connectivity index (χ0v) is 12.6. The molecule has 0 radical (unpaired) electrons. The van der Waals surface area contributed by atoms with Crippen LogP contribution in [0.1, 0.15) is 11.1 Å². The monoisotopic (exact) mass is 324 g/mol. The number of amidine groups is 2. The second-order valence-corrected chi connectivity index (χ2v) is 4.64. The fourth-order valence-electron chi connectivity index (χ4n) is 1.54. The lowest BCUT2D eigenvalue weighted by molar-refractivity contribution is 0.475. The highest BCUT2D eigenvalue weighted by atomic mass is 16.3. The highest BCUT2D eigenvalue weighted by Crippen LogP contribution is 2.08. The molecule has 0 saturated carbocycles. The van der Waals surface area contributed by atoms with Crippen LogP contribution in [-0.4, -0.2) is 34.3 Å². The molecule has 0 atom stereocenters. The average Bonchev–Trinajstić information content (AvgIpc) is 2.58. The Balaban J connectivity index is 1.98. The highest BCUT2D eigenvalue weighted by molar-refractivity contribution is 6.39. The summed E-state index contributed by atoms with van der Waals surface area (Å²) in [7, 11) is 0. The molecule has 0 saturated heterocycles. The van der Waals surface area contributed by atoms with Gasteiger partial charge in [-0.3, -0.25) is 0 Å². The molecular weight excluding hydrogens is 308 g/mol. The Hall–Kier alpha value is -3.68. The Morgan fingerprint density at radius 2 is 1.00 bits per heavy atom. The molecule has 0 unspecified atom stereocenters. The van der Waals surface area contributed by atoms with E-state index in [4.69, 9.17) is 11.5 Å². The molecule has 8 nitrogen and oxygen atoms in total. The fraction of sp³-hybridized carbons (Fsp3) is 0. The minimum atomic E-state index is -0.0760. The van der Waals surface area contributed by atoms with Gasteiger partial charge in [0.15, 0.2) is 11.7 Å². The summed E-state index contributed by atoms with van der Waals surface area (Å²) in [6.45, 7) is 0. The normalized spacial score (nSPS) is 13.0. The van der Waals surface area contributed by atoms with Crippen LogP contribution >= 0.6 is 0 Å². The van der Waals surface area contributed by atoms with Crippen molar-refractivity contribution in [3.05, 3.63) is 59.7 Å². The number of hydrogen-bond acceptors (Lipinski definition) is 6. The van der Waals surface area contributed by atoms with E-state index in [0.717, 1.165) is 11.1 Å². The van der Waals surface area contributed by atoms with E-state index in [0.29, 0.717) is 0 Å². The van der Waals surface area contributed by atoms with Crippen molar-refractivity contribution in [3.63, 3.8) is 0 Å². The maximum Gasteiger partial charge on any atom is 0.190 e. The summed E-state index contributed by atoms with van der Waals surface area (Å²) in [5, 5.41) is 33.3. The van der Waals surface area contributed by atoms with Gasteiger partial charge in [0.2, 0.25) is 0 Å². The Kier molecular flexibility index (Phi) is 5.62. The summed E-state index contributed by atoms with van der Waals surface area (Å²) in [5.41, 5.74) is 12.8. The van der Waals surface area contributed by atoms with Crippen LogP contribution in [0.15, 0.2) is 68.9 Å². The van der Waals surface area contributed by atoms with Crippen molar-refractivity contribution in [1.82, 2.24) is 0 Å². The Labute approximate surface area is 138 Å². The van der Waals surface area contributed by atoms with Gasteiger partial charge in [0.05, 0.1) is 12.4 Å². The van der Waals surface area contributed by atoms with Crippen molar-refractivity contribution in [2.45, 2.75) is 0 Å². The van der Waals surface area contributed by atoms with Crippen LogP contribution < -0.4 is 11.5 Å². The molecule has 2 aromatic carbocycles. The number of nitrogens with two attached hydrogens (primary N) is 2. The number of nitrogens with zero attached hydrogens (tertiary/aromatic N) is 4. The lowest BCUT2D eigenvalue weighted by Crippen LogP contribution is -2.30. The van der Waals surface area contributed by atoms with E-state index in [1.807, 2.05) is 0 Å². The molecule has 0 bridgehead atoms. The van der Waals surface area contributed by atoms with Crippen LogP contribution in [0.3, 0.4) is 0 Å². The van der Waals surface area contributed by atoms with E-state index in [-0.39, 0.29) is 23.2 Å². The smallest absolute Gasteiger partial charge is 0.190 e. The first-order valence-corrected chi connectivity index (χ1v) is 6.86. The van der Waals surface area contributed by atoms with Crippen LogP contribution in [0.5, 0.6) is 11.5 Å². The topological polar surface area (TPSA) is 142 Å². The summed E-state index contributed by atoms with van der Waals surface area (Å²) < 4.78 is 0. The number of hydrogen-bond donors (Lipinski definition) is 4. The van der Waals surface area contributed by atoms with Gasteiger partial charge in [0, 0.05) is 0 Å². The quantitative estimate of drug-likeness (QED) is 0.380. The number of aromatic hydroxyl groups is 2. The molecule has 0 spiro atoms. The molecule has 0 aliphatic carbocycles. The maximum absolute atomic E-state index is 9.17. The van der Waals surface area contributed by atoms with Gasteiger partial charge in [0.25, 0.3) is 0 Å². The van der Waals surface area contributed by atoms with E-state index in [2.05, 4.69) is 20.4 Å². The van der Waals surface area contributed by atoms with Gasteiger partial charge in [-0.05, 0) is 59.7 Å². The van der Waals surface area contributed by atoms with Crippen LogP contribution in [-0.2, 0) is 0 Å². The summed E-state index contributed by atoms with van der Waals surface area (Å²) in [6.07, 6.45) is 2.92. The molecule has 24 heavy (non-hydrogen) atoms. The lowest BCUT2D eigenvalue weighted by Gasteiger charge is -1.95. The molecule has 8 heteroatoms. The van der Waals surface area contributed by atoms with Crippen LogP contribution in [0.2, 0.25) is 0 Å². The number of phenols is 2. The average molecular weight is 324 g/mol. The molecule has 0 heterocycles. The third-order valence-corrected chi connectivity index (χ3v) is 2.79. The van der Waals surface area contributed by atoms with E-state index in [1.54, 1.807) is 24.3 Å². The number of rotatable bonds is 4. The predicted octanol–water partition coefficient (Wildman–Crippen LogP) is 1.18. The maximum atomic E-state index is 9.17. The van der Waals surface area contributed by atoms with Gasteiger partial charge >= 0.3 is 0 Å². The fourth-order valence-corrected chi connectivity index (χ4v) is 1.54. The standard InChI is InChI=1S/C16H16N6O2/c17-15(21-19-9-11-1-5-13(23)6-2-11)16(18)22-20-10-12-3-7-14(24)8-4-12/h1-10,23-24H,(H2,17,21)(H2,18,22)/b19-9+,20-10+. The van der Waals surface area contributed by atoms with Gasteiger partial charge in [0.1, 0.15) is 11.5 Å². The minimum Gasteiger partial charge on any atom is -0.508 e. The van der Waals surface area contributed by atoms with Gasteiger partial charge in [-0.2, -0.15) is 10.2 Å². The first-order chi connectivity index (χ1) is 11.5.